The fourth-order valence-electron chi connectivity index (χ4n) is 3.30. The first kappa shape index (κ1) is 11.7. The minimum atomic E-state index is 0.179. The topological polar surface area (TPSA) is 46.9 Å². The zero-order chi connectivity index (χ0) is 12.8. The number of nitrogens with zero attached hydrogens (tertiary/aromatic N) is 2. The fraction of sp³-hybridized carbons (Fsp3) is 0.571. The maximum atomic E-state index is 12.4. The van der Waals surface area contributed by atoms with Gasteiger partial charge in [-0.3, -0.25) is 4.79 Å². The summed E-state index contributed by atoms with van der Waals surface area (Å²) < 4.78 is 1.70. The van der Waals surface area contributed by atoms with E-state index in [1.165, 1.54) is 0 Å². The largest absolute Gasteiger partial charge is 0.317 e. The van der Waals surface area contributed by atoms with Gasteiger partial charge in [0.2, 0.25) is 0 Å². The van der Waals surface area contributed by atoms with Gasteiger partial charge in [0.15, 0.2) is 5.78 Å². The Morgan fingerprint density at radius 1 is 1.44 bits per heavy atom. The van der Waals surface area contributed by atoms with Gasteiger partial charge in [-0.05, 0) is 44.7 Å². The van der Waals surface area contributed by atoms with Crippen molar-refractivity contribution in [3.05, 3.63) is 24.0 Å². The monoisotopic (exact) mass is 245 g/mol. The average Bonchev–Trinajstić information content (AvgIpc) is 2.73. The third-order valence-corrected chi connectivity index (χ3v) is 4.24. The molecule has 0 bridgehead atoms. The molecule has 4 nitrogen and oxygen atoms in total. The lowest BCUT2D eigenvalue weighted by Gasteiger charge is -2.39. The van der Waals surface area contributed by atoms with Crippen molar-refractivity contribution in [1.82, 2.24) is 15.1 Å². The summed E-state index contributed by atoms with van der Waals surface area (Å²) in [7, 11) is 0. The Labute approximate surface area is 107 Å². The van der Waals surface area contributed by atoms with Crippen molar-refractivity contribution < 1.29 is 4.79 Å². The lowest BCUT2D eigenvalue weighted by molar-refractivity contribution is 0.0828. The zero-order valence-electron chi connectivity index (χ0n) is 10.8. The van der Waals surface area contributed by atoms with E-state index in [-0.39, 0.29) is 11.2 Å². The molecule has 0 unspecified atom stereocenters. The molecule has 96 valence electrons. The molecule has 1 aromatic rings. The predicted octanol–water partition coefficient (Wildman–Crippen LogP) is 1.87. The highest BCUT2D eigenvalue weighted by Gasteiger charge is 2.41. The van der Waals surface area contributed by atoms with E-state index in [2.05, 4.69) is 17.0 Å². The molecule has 0 saturated carbocycles. The number of Topliss-reactive ketones (excluding diaryl/α,β-unsaturated/α-hetero) is 1. The van der Waals surface area contributed by atoms with Crippen molar-refractivity contribution in [2.75, 3.05) is 13.1 Å². The van der Waals surface area contributed by atoms with Crippen LogP contribution in [0.4, 0.5) is 0 Å². The molecule has 1 saturated heterocycles. The third kappa shape index (κ3) is 1.72. The number of hydrogen-bond donors (Lipinski definition) is 1. The molecule has 1 aromatic heterocycles. The summed E-state index contributed by atoms with van der Waals surface area (Å²) in [5.41, 5.74) is 2.87. The SMILES string of the molecule is C=C(C)n1ncc2c1C(=O)CC1(CCNCC1)C2. The lowest BCUT2D eigenvalue weighted by Crippen LogP contribution is -2.42. The van der Waals surface area contributed by atoms with E-state index in [0.717, 1.165) is 49.3 Å². The fourth-order valence-corrected chi connectivity index (χ4v) is 3.30. The van der Waals surface area contributed by atoms with Crippen molar-refractivity contribution in [3.63, 3.8) is 0 Å². The standard InChI is InChI=1S/C14H19N3O/c1-10(2)17-13-11(9-16-17)7-14(8-12(13)18)3-5-15-6-4-14/h9,15H,1,3-8H2,2H3. The van der Waals surface area contributed by atoms with Crippen LogP contribution in [0.15, 0.2) is 12.8 Å². The second kappa shape index (κ2) is 4.05. The molecule has 1 N–H and O–H groups in total. The number of nitrogens with one attached hydrogen (secondary N) is 1. The maximum absolute atomic E-state index is 12.4. The molecular weight excluding hydrogens is 226 g/mol. The molecular formula is C14H19N3O. The molecule has 1 aliphatic heterocycles. The number of carbonyl (C=O) groups excluding carboxylic acids is 1. The molecule has 1 fully saturated rings. The maximum Gasteiger partial charge on any atom is 0.182 e. The summed E-state index contributed by atoms with van der Waals surface area (Å²) in [4.78, 5) is 12.4. The van der Waals surface area contributed by atoms with E-state index >= 15 is 0 Å². The highest BCUT2D eigenvalue weighted by atomic mass is 16.1. The van der Waals surface area contributed by atoms with Crippen LogP contribution in [-0.2, 0) is 6.42 Å². The van der Waals surface area contributed by atoms with Gasteiger partial charge in [-0.25, -0.2) is 4.68 Å². The van der Waals surface area contributed by atoms with Crippen LogP contribution in [0.2, 0.25) is 0 Å². The Hall–Kier alpha value is -1.42. The summed E-state index contributed by atoms with van der Waals surface area (Å²) in [6.07, 6.45) is 5.70. The number of rotatable bonds is 1. The van der Waals surface area contributed by atoms with E-state index in [9.17, 15) is 4.79 Å². The van der Waals surface area contributed by atoms with E-state index in [1.807, 2.05) is 13.1 Å². The number of piperidine rings is 1. The van der Waals surface area contributed by atoms with Gasteiger partial charge in [0.1, 0.15) is 5.69 Å². The average molecular weight is 245 g/mol. The molecule has 1 aliphatic carbocycles. The van der Waals surface area contributed by atoms with Gasteiger partial charge in [-0.2, -0.15) is 5.10 Å². The van der Waals surface area contributed by atoms with Crippen molar-refractivity contribution in [3.8, 4) is 0 Å². The molecule has 3 rings (SSSR count). The number of hydrogen-bond acceptors (Lipinski definition) is 3. The van der Waals surface area contributed by atoms with E-state index in [4.69, 9.17) is 0 Å². The molecule has 0 atom stereocenters. The summed E-state index contributed by atoms with van der Waals surface area (Å²) >= 11 is 0. The Kier molecular flexibility index (Phi) is 2.63. The molecule has 0 radical (unpaired) electrons. The predicted molar refractivity (Wildman–Crippen MR) is 70.4 cm³/mol. The molecule has 0 aromatic carbocycles. The summed E-state index contributed by atoms with van der Waals surface area (Å²) in [5, 5.41) is 7.68. The zero-order valence-corrected chi connectivity index (χ0v) is 10.8. The van der Waals surface area contributed by atoms with Crippen LogP contribution in [-0.4, -0.2) is 28.7 Å². The smallest absolute Gasteiger partial charge is 0.182 e. The quantitative estimate of drug-likeness (QED) is 0.821. The second-order valence-corrected chi connectivity index (χ2v) is 5.69. The van der Waals surface area contributed by atoms with Crippen LogP contribution < -0.4 is 5.32 Å². The summed E-state index contributed by atoms with van der Waals surface area (Å²) in [6, 6.07) is 0. The molecule has 1 spiro atoms. The first-order valence-electron chi connectivity index (χ1n) is 6.58. The molecule has 2 heterocycles. The summed E-state index contributed by atoms with van der Waals surface area (Å²) in [5.74, 6) is 0.235. The normalized spacial score (nSPS) is 21.9. The minimum absolute atomic E-state index is 0.179. The molecule has 2 aliphatic rings. The van der Waals surface area contributed by atoms with Crippen LogP contribution in [0.1, 0.15) is 42.2 Å². The molecule has 4 heteroatoms. The number of fused-ring (bicyclic) bond motifs is 1. The van der Waals surface area contributed by atoms with E-state index < -0.39 is 0 Å². The highest BCUT2D eigenvalue weighted by Crippen LogP contribution is 2.42. The van der Waals surface area contributed by atoms with Crippen molar-refractivity contribution in [2.24, 2.45) is 5.41 Å². The first-order valence-corrected chi connectivity index (χ1v) is 6.58. The van der Waals surface area contributed by atoms with Crippen LogP contribution in [0.25, 0.3) is 5.70 Å². The van der Waals surface area contributed by atoms with Crippen LogP contribution in [0.5, 0.6) is 0 Å². The third-order valence-electron chi connectivity index (χ3n) is 4.24. The van der Waals surface area contributed by atoms with Gasteiger partial charge < -0.3 is 5.32 Å². The summed E-state index contributed by atoms with van der Waals surface area (Å²) in [6.45, 7) is 7.82. The number of aromatic nitrogens is 2. The Balaban J connectivity index is 1.98. The van der Waals surface area contributed by atoms with Gasteiger partial charge in [0, 0.05) is 17.7 Å². The molecule has 18 heavy (non-hydrogen) atoms. The number of ketones is 1. The van der Waals surface area contributed by atoms with Crippen molar-refractivity contribution >= 4 is 11.5 Å². The van der Waals surface area contributed by atoms with Crippen LogP contribution in [0, 0.1) is 5.41 Å². The van der Waals surface area contributed by atoms with Crippen LogP contribution in [0.3, 0.4) is 0 Å². The van der Waals surface area contributed by atoms with Gasteiger partial charge in [-0.15, -0.1) is 0 Å². The van der Waals surface area contributed by atoms with Gasteiger partial charge in [0.25, 0.3) is 0 Å². The Morgan fingerprint density at radius 2 is 2.17 bits per heavy atom. The number of allylic oxidation sites excluding steroid dienone is 1. The van der Waals surface area contributed by atoms with Gasteiger partial charge in [0.05, 0.1) is 6.20 Å². The van der Waals surface area contributed by atoms with E-state index in [0.29, 0.717) is 6.42 Å². The van der Waals surface area contributed by atoms with Crippen LogP contribution >= 0.6 is 0 Å². The van der Waals surface area contributed by atoms with Crippen molar-refractivity contribution in [2.45, 2.75) is 32.6 Å². The van der Waals surface area contributed by atoms with Gasteiger partial charge in [-0.1, -0.05) is 6.58 Å². The highest BCUT2D eigenvalue weighted by molar-refractivity contribution is 5.98. The van der Waals surface area contributed by atoms with E-state index in [1.54, 1.807) is 4.68 Å². The minimum Gasteiger partial charge on any atom is -0.317 e. The number of carbonyl (C=O) groups is 1. The first-order chi connectivity index (χ1) is 8.61. The lowest BCUT2D eigenvalue weighted by atomic mass is 9.67. The second-order valence-electron chi connectivity index (χ2n) is 5.69. The van der Waals surface area contributed by atoms with Gasteiger partial charge >= 0.3 is 0 Å². The van der Waals surface area contributed by atoms with Crippen molar-refractivity contribution in [1.29, 1.82) is 0 Å². The Morgan fingerprint density at radius 3 is 2.83 bits per heavy atom. The Bertz CT molecular complexity index is 509. The molecule has 0 amide bonds.